The van der Waals surface area contributed by atoms with Crippen molar-refractivity contribution in [1.29, 1.82) is 0 Å². The maximum atomic E-state index is 12.5. The van der Waals surface area contributed by atoms with E-state index in [1.54, 1.807) is 14.2 Å². The Balaban J connectivity index is 1.70. The number of carbonyl (C=O) groups excluding carboxylic acids is 1. The molecule has 1 aromatic rings. The maximum absolute atomic E-state index is 12.5. The SMILES string of the molecule is COc1ccc(C2(CNC(=O)CC3COCCN3)CCCCC2)cc1OC. The van der Waals surface area contributed by atoms with Crippen LogP contribution in [0.4, 0.5) is 0 Å². The van der Waals surface area contributed by atoms with Crippen molar-refractivity contribution in [2.45, 2.75) is 50.0 Å². The summed E-state index contributed by atoms with van der Waals surface area (Å²) in [6, 6.07) is 6.28. The zero-order chi connectivity index (χ0) is 19.1. The van der Waals surface area contributed by atoms with Crippen molar-refractivity contribution in [2.75, 3.05) is 40.5 Å². The van der Waals surface area contributed by atoms with Crippen LogP contribution < -0.4 is 20.1 Å². The Hall–Kier alpha value is -1.79. The highest BCUT2D eigenvalue weighted by atomic mass is 16.5. The number of benzene rings is 1. The fraction of sp³-hybridized carbons (Fsp3) is 0.667. The first-order chi connectivity index (χ1) is 13.2. The van der Waals surface area contributed by atoms with E-state index in [4.69, 9.17) is 14.2 Å². The largest absolute Gasteiger partial charge is 0.493 e. The van der Waals surface area contributed by atoms with Crippen molar-refractivity contribution in [3.8, 4) is 11.5 Å². The Morgan fingerprint density at radius 3 is 2.67 bits per heavy atom. The van der Waals surface area contributed by atoms with Gasteiger partial charge in [-0.1, -0.05) is 25.3 Å². The van der Waals surface area contributed by atoms with Crippen LogP contribution in [-0.4, -0.2) is 52.5 Å². The van der Waals surface area contributed by atoms with Gasteiger partial charge in [-0.05, 0) is 30.5 Å². The molecule has 0 aromatic heterocycles. The lowest BCUT2D eigenvalue weighted by molar-refractivity contribution is -0.122. The van der Waals surface area contributed by atoms with Crippen molar-refractivity contribution in [3.05, 3.63) is 23.8 Å². The van der Waals surface area contributed by atoms with Crippen molar-refractivity contribution in [2.24, 2.45) is 0 Å². The van der Waals surface area contributed by atoms with E-state index < -0.39 is 0 Å². The molecule has 1 amide bonds. The van der Waals surface area contributed by atoms with E-state index in [1.807, 2.05) is 6.07 Å². The summed E-state index contributed by atoms with van der Waals surface area (Å²) in [6.07, 6.45) is 6.24. The zero-order valence-electron chi connectivity index (χ0n) is 16.5. The first-order valence-electron chi connectivity index (χ1n) is 9.97. The van der Waals surface area contributed by atoms with Crippen molar-refractivity contribution in [1.82, 2.24) is 10.6 Å². The molecular formula is C21H32N2O4. The van der Waals surface area contributed by atoms with Gasteiger partial charge in [0.15, 0.2) is 11.5 Å². The number of methoxy groups -OCH3 is 2. The van der Waals surface area contributed by atoms with Gasteiger partial charge in [0.05, 0.1) is 27.4 Å². The number of hydrogen-bond acceptors (Lipinski definition) is 5. The fourth-order valence-corrected chi connectivity index (χ4v) is 4.28. The summed E-state index contributed by atoms with van der Waals surface area (Å²) in [4.78, 5) is 12.5. The predicted octanol–water partition coefficient (Wildman–Crippen LogP) is 2.40. The number of nitrogens with one attached hydrogen (secondary N) is 2. The Morgan fingerprint density at radius 2 is 2.00 bits per heavy atom. The van der Waals surface area contributed by atoms with Crippen LogP contribution in [0.2, 0.25) is 0 Å². The molecule has 6 nitrogen and oxygen atoms in total. The molecule has 2 N–H and O–H groups in total. The van der Waals surface area contributed by atoms with Crippen molar-refractivity contribution in [3.63, 3.8) is 0 Å². The van der Waals surface area contributed by atoms with E-state index in [2.05, 4.69) is 22.8 Å². The second-order valence-corrected chi connectivity index (χ2v) is 7.62. The van der Waals surface area contributed by atoms with Gasteiger partial charge in [0.1, 0.15) is 0 Å². The normalized spacial score (nSPS) is 22.1. The van der Waals surface area contributed by atoms with E-state index in [9.17, 15) is 4.79 Å². The van der Waals surface area contributed by atoms with E-state index in [-0.39, 0.29) is 17.4 Å². The highest BCUT2D eigenvalue weighted by Gasteiger charge is 2.35. The molecule has 27 heavy (non-hydrogen) atoms. The fourth-order valence-electron chi connectivity index (χ4n) is 4.28. The average molecular weight is 376 g/mol. The number of ether oxygens (including phenoxy) is 3. The number of amides is 1. The molecule has 3 rings (SSSR count). The molecule has 150 valence electrons. The number of morpholine rings is 1. The Bertz CT molecular complexity index is 623. The summed E-state index contributed by atoms with van der Waals surface area (Å²) >= 11 is 0. The van der Waals surface area contributed by atoms with E-state index in [0.29, 0.717) is 19.6 Å². The number of hydrogen-bond donors (Lipinski definition) is 2. The topological polar surface area (TPSA) is 68.8 Å². The standard InChI is InChI=1S/C21H32N2O4/c1-25-18-7-6-16(12-19(18)26-2)21(8-4-3-5-9-21)15-23-20(24)13-17-14-27-11-10-22-17/h6-7,12,17,22H,3-5,8-11,13-15H2,1-2H3,(H,23,24). The first-order valence-corrected chi connectivity index (χ1v) is 9.97. The third kappa shape index (κ3) is 4.93. The lowest BCUT2D eigenvalue weighted by Crippen LogP contribution is -2.47. The van der Waals surface area contributed by atoms with Gasteiger partial charge >= 0.3 is 0 Å². The predicted molar refractivity (Wildman–Crippen MR) is 105 cm³/mol. The molecule has 1 aliphatic heterocycles. The van der Waals surface area contributed by atoms with Crippen molar-refractivity contribution < 1.29 is 19.0 Å². The van der Waals surface area contributed by atoms with Gasteiger partial charge in [0.2, 0.25) is 5.91 Å². The van der Waals surface area contributed by atoms with E-state index >= 15 is 0 Å². The number of rotatable bonds is 7. The molecule has 0 radical (unpaired) electrons. The average Bonchev–Trinajstić information content (AvgIpc) is 2.73. The molecule has 1 saturated carbocycles. The van der Waals surface area contributed by atoms with Crippen LogP contribution in [0.25, 0.3) is 0 Å². The lowest BCUT2D eigenvalue weighted by atomic mass is 9.69. The summed E-state index contributed by atoms with van der Waals surface area (Å²) < 4.78 is 16.3. The highest BCUT2D eigenvalue weighted by molar-refractivity contribution is 5.76. The van der Waals surface area contributed by atoms with Crippen LogP contribution in [0.15, 0.2) is 18.2 Å². The second kappa shape index (κ2) is 9.42. The molecular weight excluding hydrogens is 344 g/mol. The van der Waals surface area contributed by atoms with Gasteiger partial charge < -0.3 is 24.8 Å². The Labute approximate surface area is 161 Å². The number of carbonyl (C=O) groups is 1. The summed E-state index contributed by atoms with van der Waals surface area (Å²) in [7, 11) is 3.31. The van der Waals surface area contributed by atoms with Gasteiger partial charge in [-0.2, -0.15) is 0 Å². The minimum Gasteiger partial charge on any atom is -0.493 e. The van der Waals surface area contributed by atoms with E-state index in [1.165, 1.54) is 24.8 Å². The van der Waals surface area contributed by atoms with Gasteiger partial charge in [0.25, 0.3) is 0 Å². The zero-order valence-corrected chi connectivity index (χ0v) is 16.5. The minimum absolute atomic E-state index is 0.0377. The molecule has 1 heterocycles. The highest BCUT2D eigenvalue weighted by Crippen LogP contribution is 2.42. The third-order valence-electron chi connectivity index (χ3n) is 5.86. The second-order valence-electron chi connectivity index (χ2n) is 7.62. The molecule has 1 aliphatic carbocycles. The summed E-state index contributed by atoms with van der Waals surface area (Å²) in [5, 5.41) is 6.54. The molecule has 2 aliphatic rings. The molecule has 1 atom stereocenters. The van der Waals surface area contributed by atoms with Gasteiger partial charge in [-0.3, -0.25) is 4.79 Å². The van der Waals surface area contributed by atoms with E-state index in [0.717, 1.165) is 37.5 Å². The maximum Gasteiger partial charge on any atom is 0.221 e. The van der Waals surface area contributed by atoms with Crippen molar-refractivity contribution >= 4 is 5.91 Å². The molecule has 1 unspecified atom stereocenters. The van der Waals surface area contributed by atoms with Gasteiger partial charge in [0, 0.05) is 31.0 Å². The smallest absolute Gasteiger partial charge is 0.221 e. The van der Waals surface area contributed by atoms with Gasteiger partial charge in [-0.15, -0.1) is 0 Å². The van der Waals surface area contributed by atoms with Crippen LogP contribution in [0, 0.1) is 0 Å². The Kier molecular flexibility index (Phi) is 6.96. The van der Waals surface area contributed by atoms with Crippen LogP contribution in [0.3, 0.4) is 0 Å². The lowest BCUT2D eigenvalue weighted by Gasteiger charge is -2.38. The summed E-state index contributed by atoms with van der Waals surface area (Å²) in [6.45, 7) is 2.80. The monoisotopic (exact) mass is 376 g/mol. The Morgan fingerprint density at radius 1 is 1.22 bits per heavy atom. The minimum atomic E-state index is -0.0377. The molecule has 6 heteroatoms. The first kappa shape index (κ1) is 20.0. The molecule has 0 bridgehead atoms. The van der Waals surface area contributed by atoms with Crippen LogP contribution in [0.5, 0.6) is 11.5 Å². The third-order valence-corrected chi connectivity index (χ3v) is 5.86. The van der Waals surface area contributed by atoms with Crippen LogP contribution in [0.1, 0.15) is 44.1 Å². The molecule has 2 fully saturated rings. The van der Waals surface area contributed by atoms with Crippen LogP contribution in [-0.2, 0) is 14.9 Å². The summed E-state index contributed by atoms with van der Waals surface area (Å²) in [5.74, 6) is 1.57. The molecule has 1 saturated heterocycles. The molecule has 0 spiro atoms. The quantitative estimate of drug-likeness (QED) is 0.765. The van der Waals surface area contributed by atoms with Crippen LogP contribution >= 0.6 is 0 Å². The molecule has 1 aromatic carbocycles. The summed E-state index contributed by atoms with van der Waals surface area (Å²) in [5.41, 5.74) is 1.18. The van der Waals surface area contributed by atoms with Gasteiger partial charge in [-0.25, -0.2) is 0 Å².